The largest absolute Gasteiger partial charge is 0.338 e. The van der Waals surface area contributed by atoms with E-state index in [9.17, 15) is 0 Å². The van der Waals surface area contributed by atoms with Crippen LogP contribution >= 0.6 is 11.6 Å². The van der Waals surface area contributed by atoms with Crippen molar-refractivity contribution < 1.29 is 0 Å². The van der Waals surface area contributed by atoms with Crippen molar-refractivity contribution in [3.8, 4) is 11.3 Å². The lowest BCUT2D eigenvalue weighted by Crippen LogP contribution is -2.25. The molecule has 0 saturated heterocycles. The van der Waals surface area contributed by atoms with Crippen molar-refractivity contribution in [1.82, 2.24) is 9.97 Å². The fourth-order valence-corrected chi connectivity index (χ4v) is 3.43. The Hall–Kier alpha value is -2.26. The fourth-order valence-electron chi connectivity index (χ4n) is 3.23. The molecular weight excluding hydrogens is 354 g/mol. The van der Waals surface area contributed by atoms with Gasteiger partial charge in [-0.3, -0.25) is 0 Å². The Balaban J connectivity index is 1.74. The maximum atomic E-state index is 6.40. The first-order valence-corrected chi connectivity index (χ1v) is 10.2. The van der Waals surface area contributed by atoms with E-state index in [2.05, 4.69) is 40.0 Å². The number of aromatic nitrogens is 2. The van der Waals surface area contributed by atoms with E-state index in [0.717, 1.165) is 47.3 Å². The van der Waals surface area contributed by atoms with Crippen LogP contribution in [0.4, 0.5) is 5.95 Å². The summed E-state index contributed by atoms with van der Waals surface area (Å²) >= 11 is 6.40. The van der Waals surface area contributed by atoms with Gasteiger partial charge in [-0.15, -0.1) is 0 Å². The van der Waals surface area contributed by atoms with Gasteiger partial charge in [0.25, 0.3) is 0 Å². The highest BCUT2D eigenvalue weighted by Gasteiger charge is 2.13. The standard InChI is InChI=1S/C23H28ClN3/c1-2-3-4-5-11-16-27(18-20-14-9-10-15-21(20)24)23-25-17-22(26-23)19-12-7-6-8-13-19/h6-10,12-15,17H,2-5,11,16,18H2,1H3,(H,25,26). The second-order valence-electron chi connectivity index (χ2n) is 6.91. The number of imidazole rings is 1. The topological polar surface area (TPSA) is 31.9 Å². The number of hydrogen-bond acceptors (Lipinski definition) is 2. The normalized spacial score (nSPS) is 10.9. The van der Waals surface area contributed by atoms with Crippen molar-refractivity contribution in [3.63, 3.8) is 0 Å². The van der Waals surface area contributed by atoms with Crippen LogP contribution in [0, 0.1) is 0 Å². The van der Waals surface area contributed by atoms with Crippen LogP contribution in [-0.4, -0.2) is 16.5 Å². The molecule has 3 aromatic rings. The molecule has 0 saturated carbocycles. The van der Waals surface area contributed by atoms with E-state index in [0.29, 0.717) is 0 Å². The van der Waals surface area contributed by atoms with Gasteiger partial charge < -0.3 is 9.88 Å². The zero-order chi connectivity index (χ0) is 18.9. The number of hydrogen-bond donors (Lipinski definition) is 1. The number of nitrogens with one attached hydrogen (secondary N) is 1. The highest BCUT2D eigenvalue weighted by atomic mass is 35.5. The second kappa shape index (κ2) is 10.2. The van der Waals surface area contributed by atoms with Crippen molar-refractivity contribution in [1.29, 1.82) is 0 Å². The van der Waals surface area contributed by atoms with Crippen molar-refractivity contribution in [2.24, 2.45) is 0 Å². The van der Waals surface area contributed by atoms with Gasteiger partial charge in [0, 0.05) is 18.1 Å². The van der Waals surface area contributed by atoms with E-state index in [1.54, 1.807) is 0 Å². The number of nitrogens with zero attached hydrogens (tertiary/aromatic N) is 2. The summed E-state index contributed by atoms with van der Waals surface area (Å²) in [6.07, 6.45) is 8.20. The highest BCUT2D eigenvalue weighted by molar-refractivity contribution is 6.31. The Kier molecular flexibility index (Phi) is 7.35. The van der Waals surface area contributed by atoms with Crippen molar-refractivity contribution in [2.75, 3.05) is 11.4 Å². The number of H-pyrrole nitrogens is 1. The minimum Gasteiger partial charge on any atom is -0.338 e. The summed E-state index contributed by atoms with van der Waals surface area (Å²) in [4.78, 5) is 10.5. The fraction of sp³-hybridized carbons (Fsp3) is 0.348. The third-order valence-electron chi connectivity index (χ3n) is 4.80. The molecule has 0 aliphatic heterocycles. The van der Waals surface area contributed by atoms with E-state index in [-0.39, 0.29) is 0 Å². The van der Waals surface area contributed by atoms with E-state index in [1.165, 1.54) is 25.7 Å². The summed E-state index contributed by atoms with van der Waals surface area (Å²) in [5, 5.41) is 0.809. The van der Waals surface area contributed by atoms with Gasteiger partial charge >= 0.3 is 0 Å². The summed E-state index contributed by atoms with van der Waals surface area (Å²) in [5.41, 5.74) is 3.32. The van der Waals surface area contributed by atoms with Gasteiger partial charge in [-0.1, -0.05) is 92.7 Å². The van der Waals surface area contributed by atoms with Crippen LogP contribution in [0.5, 0.6) is 0 Å². The molecule has 3 rings (SSSR count). The quantitative estimate of drug-likeness (QED) is 0.396. The van der Waals surface area contributed by atoms with Gasteiger partial charge in [-0.2, -0.15) is 0 Å². The molecule has 1 aromatic heterocycles. The lowest BCUT2D eigenvalue weighted by Gasteiger charge is -2.23. The van der Waals surface area contributed by atoms with Crippen molar-refractivity contribution in [2.45, 2.75) is 45.6 Å². The molecule has 0 aliphatic rings. The van der Waals surface area contributed by atoms with Crippen LogP contribution in [0.3, 0.4) is 0 Å². The Morgan fingerprint density at radius 1 is 0.926 bits per heavy atom. The maximum Gasteiger partial charge on any atom is 0.203 e. The molecule has 0 radical (unpaired) electrons. The first-order chi connectivity index (χ1) is 13.3. The Labute approximate surface area is 167 Å². The van der Waals surface area contributed by atoms with Crippen molar-refractivity contribution >= 4 is 17.5 Å². The number of unbranched alkanes of at least 4 members (excludes halogenated alkanes) is 4. The van der Waals surface area contributed by atoms with E-state index in [4.69, 9.17) is 11.6 Å². The Morgan fingerprint density at radius 3 is 2.44 bits per heavy atom. The van der Waals surface area contributed by atoms with E-state index < -0.39 is 0 Å². The zero-order valence-electron chi connectivity index (χ0n) is 16.0. The molecule has 142 valence electrons. The molecule has 3 nitrogen and oxygen atoms in total. The molecule has 0 amide bonds. The molecule has 0 spiro atoms. The average molecular weight is 382 g/mol. The lowest BCUT2D eigenvalue weighted by molar-refractivity contribution is 0.613. The van der Waals surface area contributed by atoms with Gasteiger partial charge in [0.15, 0.2) is 0 Å². The average Bonchev–Trinajstić information content (AvgIpc) is 3.19. The SMILES string of the molecule is CCCCCCCN(Cc1ccccc1Cl)c1ncc(-c2ccccc2)[nH]1. The summed E-state index contributed by atoms with van der Waals surface area (Å²) < 4.78 is 0. The molecule has 27 heavy (non-hydrogen) atoms. The molecule has 4 heteroatoms. The third-order valence-corrected chi connectivity index (χ3v) is 5.17. The highest BCUT2D eigenvalue weighted by Crippen LogP contribution is 2.24. The second-order valence-corrected chi connectivity index (χ2v) is 7.32. The molecule has 0 unspecified atom stereocenters. The van der Waals surface area contributed by atoms with Crippen LogP contribution in [0.15, 0.2) is 60.8 Å². The summed E-state index contributed by atoms with van der Waals surface area (Å²) in [6, 6.07) is 18.4. The number of anilines is 1. The summed E-state index contributed by atoms with van der Waals surface area (Å²) in [7, 11) is 0. The summed E-state index contributed by atoms with van der Waals surface area (Å²) in [5.74, 6) is 0.907. The monoisotopic (exact) mass is 381 g/mol. The molecule has 1 heterocycles. The molecule has 1 N–H and O–H groups in total. The molecule has 0 bridgehead atoms. The first-order valence-electron chi connectivity index (χ1n) is 9.86. The van der Waals surface area contributed by atoms with Gasteiger partial charge in [-0.25, -0.2) is 4.98 Å². The van der Waals surface area contributed by atoms with Crippen molar-refractivity contribution in [3.05, 3.63) is 71.4 Å². The number of benzene rings is 2. The lowest BCUT2D eigenvalue weighted by atomic mass is 10.1. The van der Waals surface area contributed by atoms with Crippen LogP contribution in [0.2, 0.25) is 5.02 Å². The first kappa shape index (κ1) is 19.5. The molecule has 0 fully saturated rings. The zero-order valence-corrected chi connectivity index (χ0v) is 16.8. The predicted octanol–water partition coefficient (Wildman–Crippen LogP) is 6.71. The Morgan fingerprint density at radius 2 is 1.67 bits per heavy atom. The van der Waals surface area contributed by atoms with Gasteiger partial charge in [0.05, 0.1) is 11.9 Å². The minimum absolute atomic E-state index is 0.759. The van der Waals surface area contributed by atoms with Gasteiger partial charge in [0.2, 0.25) is 5.95 Å². The van der Waals surface area contributed by atoms with Crippen LogP contribution in [0.1, 0.15) is 44.6 Å². The third kappa shape index (κ3) is 5.61. The predicted molar refractivity (Wildman–Crippen MR) is 115 cm³/mol. The Bertz CT molecular complexity index is 813. The maximum absolute atomic E-state index is 6.40. The van der Waals surface area contributed by atoms with Gasteiger partial charge in [-0.05, 0) is 23.6 Å². The minimum atomic E-state index is 0.759. The molecule has 2 aromatic carbocycles. The van der Waals surface area contributed by atoms with Crippen LogP contribution < -0.4 is 4.90 Å². The number of aromatic amines is 1. The van der Waals surface area contributed by atoms with Crippen LogP contribution in [-0.2, 0) is 6.54 Å². The molecular formula is C23H28ClN3. The summed E-state index contributed by atoms with van der Waals surface area (Å²) in [6.45, 7) is 3.98. The van der Waals surface area contributed by atoms with E-state index >= 15 is 0 Å². The van der Waals surface area contributed by atoms with Crippen LogP contribution in [0.25, 0.3) is 11.3 Å². The van der Waals surface area contributed by atoms with E-state index in [1.807, 2.05) is 42.6 Å². The number of halogens is 1. The number of rotatable bonds is 10. The smallest absolute Gasteiger partial charge is 0.203 e. The molecule has 0 atom stereocenters. The molecule has 0 aliphatic carbocycles. The van der Waals surface area contributed by atoms with Gasteiger partial charge in [0.1, 0.15) is 0 Å².